The molecule has 9 nitrogen and oxygen atoms in total. The fraction of sp³-hybridized carbons (Fsp3) is 0.763. The van der Waals surface area contributed by atoms with Crippen LogP contribution in [0, 0.1) is 0 Å². The Morgan fingerprint density at radius 1 is 0.596 bits per heavy atom. The molecule has 0 spiro atoms. The van der Waals surface area contributed by atoms with E-state index in [1.54, 1.807) is 0 Å². The van der Waals surface area contributed by atoms with Crippen molar-refractivity contribution in [2.45, 2.75) is 162 Å². The summed E-state index contributed by atoms with van der Waals surface area (Å²) in [6.45, 7) is 15.5. The zero-order valence-electron chi connectivity index (χ0n) is 30.8. The highest BCUT2D eigenvalue weighted by Gasteiger charge is 2.17. The van der Waals surface area contributed by atoms with Crippen LogP contribution >= 0.6 is 0 Å². The minimum absolute atomic E-state index is 0.136. The average molecular weight is 662 g/mol. The predicted octanol–water partition coefficient (Wildman–Crippen LogP) is 9.26. The van der Waals surface area contributed by atoms with Crippen LogP contribution in [0.4, 0.5) is 9.59 Å². The SMILES string of the molecule is CCCCCCCCCCCCOc1ccc(CCCNC(=O)OC(C)(C)C)cc1C(=O)NCCCCCCNC(=O)OC(C)(C)C. The number of nitrogens with one attached hydrogen (secondary N) is 3. The Balaban J connectivity index is 2.54. The number of hydrogen-bond donors (Lipinski definition) is 3. The van der Waals surface area contributed by atoms with Crippen molar-refractivity contribution >= 4 is 18.1 Å². The molecule has 0 saturated heterocycles. The molecule has 0 aromatic heterocycles. The summed E-state index contributed by atoms with van der Waals surface area (Å²) in [5.74, 6) is 0.477. The van der Waals surface area contributed by atoms with Crippen molar-refractivity contribution in [2.24, 2.45) is 0 Å². The van der Waals surface area contributed by atoms with Crippen LogP contribution in [0.5, 0.6) is 5.75 Å². The minimum Gasteiger partial charge on any atom is -0.493 e. The number of unbranched alkanes of at least 4 members (excludes halogenated alkanes) is 12. The van der Waals surface area contributed by atoms with E-state index in [-0.39, 0.29) is 5.91 Å². The van der Waals surface area contributed by atoms with E-state index >= 15 is 0 Å². The van der Waals surface area contributed by atoms with E-state index in [1.807, 2.05) is 59.7 Å². The smallest absolute Gasteiger partial charge is 0.407 e. The van der Waals surface area contributed by atoms with Gasteiger partial charge in [-0.3, -0.25) is 4.79 Å². The van der Waals surface area contributed by atoms with E-state index in [2.05, 4.69) is 22.9 Å². The van der Waals surface area contributed by atoms with Crippen LogP contribution in [0.2, 0.25) is 0 Å². The van der Waals surface area contributed by atoms with Gasteiger partial charge in [0.1, 0.15) is 17.0 Å². The van der Waals surface area contributed by atoms with E-state index in [4.69, 9.17) is 14.2 Å². The minimum atomic E-state index is -0.533. The standard InChI is InChI=1S/C38H67N3O6/c1-8-9-10-11-12-13-14-15-18-21-29-45-33-25-24-31(23-22-28-41-36(44)47-38(5,6)7)30-32(33)34(42)39-26-19-16-17-20-27-40-35(43)46-37(2,3)4/h24-25,30H,8-23,26-29H2,1-7H3,(H,39,42)(H,40,43)(H,41,44). The van der Waals surface area contributed by atoms with E-state index in [1.165, 1.54) is 51.4 Å². The van der Waals surface area contributed by atoms with Gasteiger partial charge in [-0.15, -0.1) is 0 Å². The third-order valence-corrected chi connectivity index (χ3v) is 7.41. The molecule has 3 N–H and O–H groups in total. The van der Waals surface area contributed by atoms with Crippen LogP contribution in [-0.4, -0.2) is 55.5 Å². The van der Waals surface area contributed by atoms with Gasteiger partial charge in [0.15, 0.2) is 0 Å². The molecule has 1 aromatic rings. The molecule has 270 valence electrons. The summed E-state index contributed by atoms with van der Waals surface area (Å²) in [5, 5.41) is 8.65. The molecule has 0 radical (unpaired) electrons. The van der Waals surface area contributed by atoms with Crippen molar-refractivity contribution in [3.63, 3.8) is 0 Å². The number of amides is 3. The Morgan fingerprint density at radius 3 is 1.60 bits per heavy atom. The quantitative estimate of drug-likeness (QED) is 0.0952. The third kappa shape index (κ3) is 23.9. The lowest BCUT2D eigenvalue weighted by atomic mass is 10.0. The van der Waals surface area contributed by atoms with Crippen LogP contribution < -0.4 is 20.7 Å². The first kappa shape index (κ1) is 42.1. The number of alkyl carbamates (subject to hydrolysis) is 2. The van der Waals surface area contributed by atoms with Gasteiger partial charge in [-0.05, 0) is 91.3 Å². The first-order valence-corrected chi connectivity index (χ1v) is 18.3. The van der Waals surface area contributed by atoms with Gasteiger partial charge in [0, 0.05) is 19.6 Å². The Bertz CT molecular complexity index is 1020. The summed E-state index contributed by atoms with van der Waals surface area (Å²) in [7, 11) is 0. The van der Waals surface area contributed by atoms with E-state index < -0.39 is 23.4 Å². The molecule has 9 heteroatoms. The van der Waals surface area contributed by atoms with E-state index in [0.29, 0.717) is 44.0 Å². The fourth-order valence-corrected chi connectivity index (χ4v) is 5.01. The van der Waals surface area contributed by atoms with Gasteiger partial charge >= 0.3 is 12.2 Å². The molecule has 0 saturated carbocycles. The molecule has 0 atom stereocenters. The lowest BCUT2D eigenvalue weighted by Gasteiger charge is -2.19. The molecular weight excluding hydrogens is 594 g/mol. The largest absolute Gasteiger partial charge is 0.493 e. The molecule has 47 heavy (non-hydrogen) atoms. The maximum absolute atomic E-state index is 13.3. The van der Waals surface area contributed by atoms with E-state index in [9.17, 15) is 14.4 Å². The summed E-state index contributed by atoms with van der Waals surface area (Å²) in [5.41, 5.74) is 0.536. The molecule has 0 unspecified atom stereocenters. The van der Waals surface area contributed by atoms with Crippen LogP contribution in [-0.2, 0) is 15.9 Å². The van der Waals surface area contributed by atoms with Crippen molar-refractivity contribution in [1.82, 2.24) is 16.0 Å². The number of aryl methyl sites for hydroxylation is 1. The number of rotatable bonds is 24. The predicted molar refractivity (Wildman–Crippen MR) is 191 cm³/mol. The molecular formula is C38H67N3O6. The van der Waals surface area contributed by atoms with Crippen LogP contribution in [0.1, 0.15) is 161 Å². The van der Waals surface area contributed by atoms with Gasteiger partial charge in [-0.2, -0.15) is 0 Å². The molecule has 0 fully saturated rings. The van der Waals surface area contributed by atoms with Gasteiger partial charge in [0.25, 0.3) is 5.91 Å². The zero-order chi connectivity index (χ0) is 35.0. The molecule has 1 aromatic carbocycles. The number of carbonyl (C=O) groups is 3. The molecule has 0 aliphatic carbocycles. The van der Waals surface area contributed by atoms with Crippen molar-refractivity contribution < 1.29 is 28.6 Å². The molecule has 0 aliphatic rings. The third-order valence-electron chi connectivity index (χ3n) is 7.41. The highest BCUT2D eigenvalue weighted by Crippen LogP contribution is 2.22. The first-order chi connectivity index (χ1) is 22.3. The summed E-state index contributed by atoms with van der Waals surface area (Å²) in [4.78, 5) is 37.0. The molecule has 1 rings (SSSR count). The lowest BCUT2D eigenvalue weighted by Crippen LogP contribution is -2.33. The molecule has 0 aliphatic heterocycles. The van der Waals surface area contributed by atoms with Gasteiger partial charge < -0.3 is 30.2 Å². The number of carbonyl (C=O) groups excluding carboxylic acids is 3. The second-order valence-corrected chi connectivity index (χ2v) is 14.5. The van der Waals surface area contributed by atoms with Crippen LogP contribution in [0.25, 0.3) is 0 Å². The maximum atomic E-state index is 13.3. The maximum Gasteiger partial charge on any atom is 0.407 e. The Labute approximate surface area is 286 Å². The van der Waals surface area contributed by atoms with Gasteiger partial charge in [-0.25, -0.2) is 9.59 Å². The van der Waals surface area contributed by atoms with Gasteiger partial charge in [-0.1, -0.05) is 83.6 Å². The lowest BCUT2D eigenvalue weighted by molar-refractivity contribution is 0.0515. The summed E-state index contributed by atoms with van der Waals surface area (Å²) in [6, 6.07) is 5.82. The fourth-order valence-electron chi connectivity index (χ4n) is 5.01. The average Bonchev–Trinajstić information content (AvgIpc) is 2.98. The second-order valence-electron chi connectivity index (χ2n) is 14.5. The molecule has 0 heterocycles. The van der Waals surface area contributed by atoms with Crippen molar-refractivity contribution in [1.29, 1.82) is 0 Å². The molecule has 0 bridgehead atoms. The van der Waals surface area contributed by atoms with Crippen LogP contribution in [0.15, 0.2) is 18.2 Å². The van der Waals surface area contributed by atoms with E-state index in [0.717, 1.165) is 50.5 Å². The number of hydrogen-bond acceptors (Lipinski definition) is 6. The van der Waals surface area contributed by atoms with Crippen molar-refractivity contribution in [3.05, 3.63) is 29.3 Å². The Kier molecular flexibility index (Phi) is 21.7. The van der Waals surface area contributed by atoms with Crippen molar-refractivity contribution in [3.8, 4) is 5.75 Å². The Morgan fingerprint density at radius 2 is 1.06 bits per heavy atom. The monoisotopic (exact) mass is 662 g/mol. The van der Waals surface area contributed by atoms with Crippen molar-refractivity contribution in [2.75, 3.05) is 26.2 Å². The number of ether oxygens (including phenoxy) is 3. The van der Waals surface area contributed by atoms with Gasteiger partial charge in [0.2, 0.25) is 0 Å². The first-order valence-electron chi connectivity index (χ1n) is 18.3. The number of benzene rings is 1. The highest BCUT2D eigenvalue weighted by molar-refractivity contribution is 5.97. The second kappa shape index (κ2) is 24.2. The highest BCUT2D eigenvalue weighted by atomic mass is 16.6. The summed E-state index contributed by atoms with van der Waals surface area (Å²) >= 11 is 0. The normalized spacial score (nSPS) is 11.6. The summed E-state index contributed by atoms with van der Waals surface area (Å²) < 4.78 is 16.7. The van der Waals surface area contributed by atoms with Crippen LogP contribution in [0.3, 0.4) is 0 Å². The zero-order valence-corrected chi connectivity index (χ0v) is 30.8. The molecule has 3 amide bonds. The topological polar surface area (TPSA) is 115 Å². The van der Waals surface area contributed by atoms with Gasteiger partial charge in [0.05, 0.1) is 12.2 Å². The summed E-state index contributed by atoms with van der Waals surface area (Å²) in [6.07, 6.45) is 16.8. The Hall–Kier alpha value is -2.97.